The third-order valence-corrected chi connectivity index (χ3v) is 8.70. The molecule has 0 aromatic carbocycles. The largest absolute Gasteiger partial charge is 0.378 e. The van der Waals surface area contributed by atoms with Crippen molar-refractivity contribution in [2.24, 2.45) is 0 Å². The standard InChI is InChI=1S/C16H29N4O8PS.C6H11NO.C3H10NOP/c1-17-14(22)11-27-13-10-12(6-4-9-29(24)19-30(3,25)26)28-15(13)20(7-5-8-21)16(23)18-2;1-6(2)8-5-3-4-7;1-3(2)4-6-5/h5,7-8,12-13,15,19,24H,4,6,9-11H2,1-3H3,(H,17,22)(H,18,23);6H,3,5H2,1-2H3;3-6H,1-2H3/b7-5-;;/t12?,13-,15?,29?;;/m1../s1. The smallest absolute Gasteiger partial charge is 0.323 e. The molecule has 44 heavy (non-hydrogen) atoms. The van der Waals surface area contributed by atoms with E-state index in [-0.39, 0.29) is 39.8 Å². The average Bonchev–Trinajstić information content (AvgIpc) is 3.33. The number of urea groups is 1. The lowest BCUT2D eigenvalue weighted by atomic mass is 10.1. The van der Waals surface area contributed by atoms with Crippen LogP contribution < -0.4 is 20.2 Å². The lowest BCUT2D eigenvalue weighted by Gasteiger charge is -2.28. The summed E-state index contributed by atoms with van der Waals surface area (Å²) in [4.78, 5) is 53.6. The van der Waals surface area contributed by atoms with Crippen LogP contribution in [0.2, 0.25) is 0 Å². The van der Waals surface area contributed by atoms with Gasteiger partial charge < -0.3 is 34.6 Å². The Kier molecular flexibility index (Phi) is 26.6. The van der Waals surface area contributed by atoms with Gasteiger partial charge in [0, 0.05) is 38.9 Å². The van der Waals surface area contributed by atoms with Gasteiger partial charge in [0.25, 0.3) is 0 Å². The fourth-order valence-corrected chi connectivity index (χ4v) is 5.89. The molecule has 0 bridgehead atoms. The minimum atomic E-state index is -3.49. The molecule has 1 aliphatic rings. The van der Waals surface area contributed by atoms with Crippen molar-refractivity contribution >= 4 is 45.5 Å². The summed E-state index contributed by atoms with van der Waals surface area (Å²) in [6, 6.07) is 1.88. The summed E-state index contributed by atoms with van der Waals surface area (Å²) in [5, 5.41) is 15.7. The molecule has 19 heteroatoms. The lowest BCUT2D eigenvalue weighted by molar-refractivity contribution is -0.130. The highest BCUT2D eigenvalue weighted by atomic mass is 32.2. The normalized spacial score (nSPS) is 18.7. The summed E-state index contributed by atoms with van der Waals surface area (Å²) in [6.45, 7) is 8.22. The van der Waals surface area contributed by atoms with Gasteiger partial charge in [-0.25, -0.2) is 13.2 Å². The van der Waals surface area contributed by atoms with Gasteiger partial charge in [-0.3, -0.25) is 19.6 Å². The number of nitriles is 1. The first-order valence-electron chi connectivity index (χ1n) is 13.8. The van der Waals surface area contributed by atoms with E-state index < -0.39 is 36.7 Å². The third-order valence-electron chi connectivity index (χ3n) is 5.09. The summed E-state index contributed by atoms with van der Waals surface area (Å²) in [5.41, 5.74) is 0. The van der Waals surface area contributed by atoms with Gasteiger partial charge in [0.1, 0.15) is 27.3 Å². The summed E-state index contributed by atoms with van der Waals surface area (Å²) in [5.74, 6) is -0.343. The van der Waals surface area contributed by atoms with Crippen molar-refractivity contribution < 1.29 is 46.8 Å². The summed E-state index contributed by atoms with van der Waals surface area (Å²) >= 11 is 0. The van der Waals surface area contributed by atoms with Gasteiger partial charge >= 0.3 is 6.03 Å². The highest BCUT2D eigenvalue weighted by molar-refractivity contribution is 7.93. The zero-order valence-corrected chi connectivity index (χ0v) is 29.2. The Morgan fingerprint density at radius 1 is 1.25 bits per heavy atom. The van der Waals surface area contributed by atoms with Crippen LogP contribution in [0.5, 0.6) is 0 Å². The molecular formula is C25H50N6O10P2S. The van der Waals surface area contributed by atoms with E-state index in [2.05, 4.69) is 20.2 Å². The van der Waals surface area contributed by atoms with Crippen LogP contribution in [0.1, 0.15) is 53.4 Å². The quantitative estimate of drug-likeness (QED) is 0.0545. The van der Waals surface area contributed by atoms with E-state index in [1.54, 1.807) is 0 Å². The van der Waals surface area contributed by atoms with Crippen LogP contribution in [-0.4, -0.2) is 112 Å². The number of nitrogens with one attached hydrogen (secondary N) is 4. The molecular weight excluding hydrogens is 638 g/mol. The summed E-state index contributed by atoms with van der Waals surface area (Å²) in [6.07, 6.45) is 4.31. The molecule has 0 radical (unpaired) electrons. The highest BCUT2D eigenvalue weighted by Gasteiger charge is 2.41. The number of hydrogen-bond acceptors (Lipinski definition) is 12. The second kappa shape index (κ2) is 26.4. The van der Waals surface area contributed by atoms with Gasteiger partial charge in [0.15, 0.2) is 6.23 Å². The Labute approximate surface area is 264 Å². The number of hydrogen-bond donors (Lipinski definition) is 6. The van der Waals surface area contributed by atoms with E-state index in [0.717, 1.165) is 12.3 Å². The molecule has 1 fully saturated rings. The van der Waals surface area contributed by atoms with Gasteiger partial charge in [0.2, 0.25) is 15.9 Å². The minimum absolute atomic E-state index is 0.112. The van der Waals surface area contributed by atoms with E-state index in [9.17, 15) is 27.7 Å². The molecule has 4 unspecified atom stereocenters. The second-order valence-corrected chi connectivity index (χ2v) is 13.7. The average molecular weight is 689 g/mol. The zero-order chi connectivity index (χ0) is 34.1. The first-order chi connectivity index (χ1) is 20.6. The van der Waals surface area contributed by atoms with Crippen LogP contribution in [-0.2, 0) is 33.8 Å². The van der Waals surface area contributed by atoms with E-state index in [1.165, 1.54) is 25.2 Å². The van der Waals surface area contributed by atoms with Gasteiger partial charge in [-0.1, -0.05) is 0 Å². The van der Waals surface area contributed by atoms with Crippen LogP contribution in [0.25, 0.3) is 0 Å². The monoisotopic (exact) mass is 688 g/mol. The predicted octanol–water partition coefficient (Wildman–Crippen LogP) is 1.03. The van der Waals surface area contributed by atoms with Crippen LogP contribution in [0.4, 0.5) is 4.79 Å². The zero-order valence-electron chi connectivity index (χ0n) is 26.5. The molecule has 3 amide bonds. The Morgan fingerprint density at radius 2 is 1.91 bits per heavy atom. The van der Waals surface area contributed by atoms with Crippen molar-refractivity contribution in [2.75, 3.05) is 39.7 Å². The molecule has 1 saturated heterocycles. The maximum Gasteiger partial charge on any atom is 0.323 e. The van der Waals surface area contributed by atoms with Gasteiger partial charge in [-0.15, -0.1) is 0 Å². The van der Waals surface area contributed by atoms with E-state index in [0.29, 0.717) is 44.6 Å². The van der Waals surface area contributed by atoms with E-state index in [4.69, 9.17) is 24.4 Å². The number of ether oxygens (including phenoxy) is 3. The molecule has 0 aromatic heterocycles. The number of aldehydes is 1. The fourth-order valence-electron chi connectivity index (χ4n) is 3.25. The van der Waals surface area contributed by atoms with Crippen molar-refractivity contribution in [3.63, 3.8) is 0 Å². The second-order valence-electron chi connectivity index (χ2n) is 9.71. The van der Waals surface area contributed by atoms with Crippen molar-refractivity contribution in [3.8, 4) is 6.07 Å². The predicted molar refractivity (Wildman–Crippen MR) is 170 cm³/mol. The molecule has 0 saturated carbocycles. The Hall–Kier alpha value is -1.83. The number of carbonyl (C=O) groups excluding carboxylic acids is 3. The van der Waals surface area contributed by atoms with Crippen LogP contribution >= 0.6 is 17.3 Å². The third kappa shape index (κ3) is 24.5. The Morgan fingerprint density at radius 3 is 2.36 bits per heavy atom. The molecule has 1 aliphatic heterocycles. The molecule has 0 aliphatic carbocycles. The fraction of sp³-hybridized carbons (Fsp3) is 0.760. The maximum absolute atomic E-state index is 12.2. The van der Waals surface area contributed by atoms with Crippen molar-refractivity contribution in [1.29, 1.82) is 5.26 Å². The Bertz CT molecular complexity index is 985. The number of nitrogens with zero attached hydrogens (tertiary/aromatic N) is 2. The number of carbonyl (C=O) groups is 3. The number of amides is 3. The van der Waals surface area contributed by atoms with Crippen molar-refractivity contribution in [3.05, 3.63) is 12.3 Å². The highest BCUT2D eigenvalue weighted by Crippen LogP contribution is 2.32. The summed E-state index contributed by atoms with van der Waals surface area (Å²) < 4.78 is 41.1. The van der Waals surface area contributed by atoms with Crippen LogP contribution in [0, 0.1) is 11.3 Å². The topological polar surface area (TPSA) is 229 Å². The number of sulfonamides is 1. The molecule has 1 heterocycles. The van der Waals surface area contributed by atoms with Gasteiger partial charge in [-0.05, 0) is 46.6 Å². The SMILES string of the molecule is CC(C)NPO.CC(C)OCCC#N.CNC(=O)CO[C@@H]1CC(CCCP(O)NS(C)(=O)=O)OC1N(/C=C\C=O)C(=O)NC. The van der Waals surface area contributed by atoms with Crippen LogP contribution in [0.15, 0.2) is 12.3 Å². The van der Waals surface area contributed by atoms with Gasteiger partial charge in [0.05, 0.1) is 46.5 Å². The summed E-state index contributed by atoms with van der Waals surface area (Å²) in [7, 11) is -2.57. The van der Waals surface area contributed by atoms with E-state index in [1.807, 2.05) is 33.8 Å². The maximum atomic E-state index is 12.2. The molecule has 16 nitrogen and oxygen atoms in total. The molecule has 0 aromatic rings. The first-order valence-corrected chi connectivity index (χ1v) is 18.1. The van der Waals surface area contributed by atoms with Crippen molar-refractivity contribution in [2.45, 2.75) is 84.0 Å². The Balaban J connectivity index is 0. The minimum Gasteiger partial charge on any atom is -0.378 e. The molecule has 1 rings (SSSR count). The van der Waals surface area contributed by atoms with Crippen molar-refractivity contribution in [1.82, 2.24) is 25.1 Å². The number of rotatable bonds is 17. The molecule has 256 valence electrons. The van der Waals surface area contributed by atoms with E-state index >= 15 is 0 Å². The van der Waals surface area contributed by atoms with Crippen LogP contribution in [0.3, 0.4) is 0 Å². The molecule has 6 N–H and O–H groups in total. The number of allylic oxidation sites excluding steroid dienone is 1. The molecule has 5 atom stereocenters. The van der Waals surface area contributed by atoms with Gasteiger partial charge in [-0.2, -0.15) is 9.75 Å². The molecule has 0 spiro atoms. The number of likely N-dealkylation sites (N-methyl/N-ethyl adjacent to an activating group) is 1. The first kappa shape index (κ1) is 44.3. The lowest BCUT2D eigenvalue weighted by Crippen LogP contribution is -2.47.